The van der Waals surface area contributed by atoms with E-state index < -0.39 is 11.5 Å². The molecule has 0 aromatic heterocycles. The van der Waals surface area contributed by atoms with Crippen LogP contribution >= 0.6 is 0 Å². The van der Waals surface area contributed by atoms with Crippen LogP contribution in [0.4, 0.5) is 0 Å². The molecule has 10 atom stereocenters. The Kier molecular flexibility index (Phi) is 6.47. The first kappa shape index (κ1) is 23.7. The first-order chi connectivity index (χ1) is 15.2. The van der Waals surface area contributed by atoms with Gasteiger partial charge in [0.15, 0.2) is 0 Å². The maximum Gasteiger partial charge on any atom is 0.305 e. The third-order valence-electron chi connectivity index (χ3n) is 10.5. The van der Waals surface area contributed by atoms with Crippen LogP contribution in [0.25, 0.3) is 0 Å². The van der Waals surface area contributed by atoms with E-state index in [4.69, 9.17) is 9.47 Å². The van der Waals surface area contributed by atoms with Gasteiger partial charge in [-0.25, -0.2) is 0 Å². The molecule has 0 aliphatic heterocycles. The van der Waals surface area contributed by atoms with Gasteiger partial charge in [0.1, 0.15) is 11.9 Å². The molecule has 32 heavy (non-hydrogen) atoms. The molecule has 0 saturated heterocycles. The molecule has 0 heterocycles. The number of rotatable bonds is 6. The molecule has 4 aliphatic rings. The van der Waals surface area contributed by atoms with Crippen molar-refractivity contribution in [2.45, 2.75) is 90.8 Å². The van der Waals surface area contributed by atoms with Gasteiger partial charge >= 0.3 is 5.97 Å². The normalized spacial score (nSPS) is 46.4. The minimum atomic E-state index is -0.418. The summed E-state index contributed by atoms with van der Waals surface area (Å²) in [6.07, 6.45) is 6.47. The minimum absolute atomic E-state index is 0.0121. The van der Waals surface area contributed by atoms with Crippen molar-refractivity contribution in [3.63, 3.8) is 0 Å². The predicted octanol–water partition coefficient (Wildman–Crippen LogP) is 3.93. The second-order valence-corrected chi connectivity index (χ2v) is 11.6. The molecule has 4 rings (SSSR count). The molecule has 1 N–H and O–H groups in total. The van der Waals surface area contributed by atoms with Gasteiger partial charge in [-0.15, -0.1) is 0 Å². The lowest BCUT2D eigenvalue weighted by atomic mass is 9.43. The van der Waals surface area contributed by atoms with Gasteiger partial charge in [0.2, 0.25) is 0 Å². The molecule has 0 unspecified atom stereocenters. The number of hydrogen-bond donors (Lipinski definition) is 1. The smallest absolute Gasteiger partial charge is 0.305 e. The first-order valence-electron chi connectivity index (χ1n) is 12.5. The van der Waals surface area contributed by atoms with Gasteiger partial charge < -0.3 is 14.6 Å². The molecule has 0 spiro atoms. The van der Waals surface area contributed by atoms with E-state index in [1.807, 2.05) is 0 Å². The first-order valence-corrected chi connectivity index (χ1v) is 12.5. The standard InChI is InChI=1S/C26H40O6/c1-15(5-8-23(30)31-4)18-6-7-19-24-20(13-22(29)26(18,19)3)25(2)10-9-17(32-14-27)11-16(25)12-21(24)28/h14-21,24,28H,5-13H2,1-4H3/t15-,16+,17+,18-,19+,20+,21-,24+,25+,26-/m1/s1. The van der Waals surface area contributed by atoms with Crippen LogP contribution in [0.2, 0.25) is 0 Å². The topological polar surface area (TPSA) is 89.9 Å². The van der Waals surface area contributed by atoms with Crippen molar-refractivity contribution in [2.75, 3.05) is 7.11 Å². The van der Waals surface area contributed by atoms with E-state index in [1.165, 1.54) is 7.11 Å². The van der Waals surface area contributed by atoms with Gasteiger partial charge in [-0.05, 0) is 85.9 Å². The maximum atomic E-state index is 13.8. The molecule has 0 bridgehead atoms. The van der Waals surface area contributed by atoms with Gasteiger partial charge in [0.25, 0.3) is 6.47 Å². The van der Waals surface area contributed by atoms with Gasteiger partial charge in [-0.1, -0.05) is 20.8 Å². The Bertz CT molecular complexity index is 751. The second-order valence-electron chi connectivity index (χ2n) is 11.6. The number of methoxy groups -OCH3 is 1. The third kappa shape index (κ3) is 3.61. The summed E-state index contributed by atoms with van der Waals surface area (Å²) in [6, 6.07) is 0. The van der Waals surface area contributed by atoms with Crippen LogP contribution in [-0.2, 0) is 23.9 Å². The largest absolute Gasteiger partial charge is 0.469 e. The minimum Gasteiger partial charge on any atom is -0.469 e. The highest BCUT2D eigenvalue weighted by Crippen LogP contribution is 2.67. The van der Waals surface area contributed by atoms with Crippen molar-refractivity contribution in [1.82, 2.24) is 0 Å². The Morgan fingerprint density at radius 1 is 1.22 bits per heavy atom. The van der Waals surface area contributed by atoms with Crippen LogP contribution in [0, 0.1) is 46.3 Å². The summed E-state index contributed by atoms with van der Waals surface area (Å²) in [4.78, 5) is 36.3. The number of ketones is 1. The number of esters is 1. The fourth-order valence-corrected chi connectivity index (χ4v) is 8.69. The zero-order chi connectivity index (χ0) is 23.3. The van der Waals surface area contributed by atoms with E-state index in [0.29, 0.717) is 25.1 Å². The lowest BCUT2D eigenvalue weighted by Gasteiger charge is -2.61. The van der Waals surface area contributed by atoms with E-state index in [0.717, 1.165) is 44.9 Å². The van der Waals surface area contributed by atoms with Crippen LogP contribution in [0.5, 0.6) is 0 Å². The Balaban J connectivity index is 1.56. The lowest BCUT2D eigenvalue weighted by Crippen LogP contribution is -2.61. The van der Waals surface area contributed by atoms with E-state index in [-0.39, 0.29) is 53.0 Å². The number of aliphatic hydroxyl groups excluding tert-OH is 1. The van der Waals surface area contributed by atoms with Crippen molar-refractivity contribution in [2.24, 2.45) is 46.3 Å². The molecular formula is C26H40O6. The van der Waals surface area contributed by atoms with Gasteiger partial charge in [0.05, 0.1) is 13.2 Å². The Labute approximate surface area is 191 Å². The molecular weight excluding hydrogens is 408 g/mol. The maximum absolute atomic E-state index is 13.8. The van der Waals surface area contributed by atoms with Crippen molar-refractivity contribution in [3.05, 3.63) is 0 Å². The number of aliphatic hydroxyl groups is 1. The summed E-state index contributed by atoms with van der Waals surface area (Å²) in [5, 5.41) is 11.4. The van der Waals surface area contributed by atoms with E-state index in [2.05, 4.69) is 20.8 Å². The van der Waals surface area contributed by atoms with Crippen LogP contribution in [0.15, 0.2) is 0 Å². The fourth-order valence-electron chi connectivity index (χ4n) is 8.69. The van der Waals surface area contributed by atoms with Gasteiger partial charge in [0, 0.05) is 18.3 Å². The fraction of sp³-hybridized carbons (Fsp3) is 0.885. The molecule has 6 heteroatoms. The highest BCUT2D eigenvalue weighted by Gasteiger charge is 2.66. The Morgan fingerprint density at radius 2 is 1.97 bits per heavy atom. The SMILES string of the molecule is COC(=O)CC[C@@H](C)[C@H]1CC[C@H]2[C@@H]3[C@H](O)C[C@@H]4C[C@@H](OC=O)CC[C@]4(C)[C@H]3CC(=O)[C@]12C. The van der Waals surface area contributed by atoms with E-state index >= 15 is 0 Å². The number of fused-ring (bicyclic) bond motifs is 5. The quantitative estimate of drug-likeness (QED) is 0.489. The monoisotopic (exact) mass is 448 g/mol. The van der Waals surface area contributed by atoms with E-state index in [9.17, 15) is 19.5 Å². The summed E-state index contributed by atoms with van der Waals surface area (Å²) in [5.74, 6) is 1.52. The molecule has 4 fully saturated rings. The summed E-state index contributed by atoms with van der Waals surface area (Å²) in [7, 11) is 1.42. The summed E-state index contributed by atoms with van der Waals surface area (Å²) in [5.41, 5.74) is -0.406. The highest BCUT2D eigenvalue weighted by atomic mass is 16.5. The second kappa shape index (κ2) is 8.73. The number of ether oxygens (including phenoxy) is 2. The average Bonchev–Trinajstić information content (AvgIpc) is 3.12. The molecule has 180 valence electrons. The molecule has 0 aromatic carbocycles. The summed E-state index contributed by atoms with van der Waals surface area (Å²) < 4.78 is 10.1. The third-order valence-corrected chi connectivity index (χ3v) is 10.5. The van der Waals surface area contributed by atoms with Gasteiger partial charge in [-0.3, -0.25) is 14.4 Å². The van der Waals surface area contributed by atoms with Crippen LogP contribution < -0.4 is 0 Å². The summed E-state index contributed by atoms with van der Waals surface area (Å²) >= 11 is 0. The molecule has 4 saturated carbocycles. The lowest BCUT2D eigenvalue weighted by molar-refractivity contribution is -0.183. The van der Waals surface area contributed by atoms with E-state index in [1.54, 1.807) is 0 Å². The Morgan fingerprint density at radius 3 is 2.66 bits per heavy atom. The van der Waals surface area contributed by atoms with Crippen molar-refractivity contribution >= 4 is 18.2 Å². The number of carbonyl (C=O) groups excluding carboxylic acids is 3. The Hall–Kier alpha value is -1.43. The van der Waals surface area contributed by atoms with Crippen LogP contribution in [0.3, 0.4) is 0 Å². The van der Waals surface area contributed by atoms with Crippen molar-refractivity contribution in [1.29, 1.82) is 0 Å². The molecule has 0 amide bonds. The number of carbonyl (C=O) groups is 3. The number of hydrogen-bond acceptors (Lipinski definition) is 6. The zero-order valence-corrected chi connectivity index (χ0v) is 20.0. The average molecular weight is 449 g/mol. The predicted molar refractivity (Wildman–Crippen MR) is 118 cm³/mol. The van der Waals surface area contributed by atoms with Crippen LogP contribution in [-0.4, -0.2) is 42.6 Å². The highest BCUT2D eigenvalue weighted by molar-refractivity contribution is 5.87. The van der Waals surface area contributed by atoms with Crippen molar-refractivity contribution in [3.8, 4) is 0 Å². The molecule has 0 radical (unpaired) electrons. The molecule has 4 aliphatic carbocycles. The van der Waals surface area contributed by atoms with Crippen LogP contribution in [0.1, 0.15) is 78.6 Å². The number of Topliss-reactive ketones (excluding diaryl/α,β-unsaturated/α-hetero) is 1. The zero-order valence-electron chi connectivity index (χ0n) is 20.0. The summed E-state index contributed by atoms with van der Waals surface area (Å²) in [6.45, 7) is 7.19. The van der Waals surface area contributed by atoms with Crippen molar-refractivity contribution < 1.29 is 29.0 Å². The molecule has 6 nitrogen and oxygen atoms in total. The van der Waals surface area contributed by atoms with Gasteiger partial charge in [-0.2, -0.15) is 0 Å². The molecule has 0 aromatic rings.